The van der Waals surface area contributed by atoms with E-state index in [-0.39, 0.29) is 5.91 Å². The van der Waals surface area contributed by atoms with Gasteiger partial charge in [-0.2, -0.15) is 0 Å². The lowest BCUT2D eigenvalue weighted by molar-refractivity contribution is 0.102. The van der Waals surface area contributed by atoms with Crippen LogP contribution in [0.5, 0.6) is 0 Å². The summed E-state index contributed by atoms with van der Waals surface area (Å²) in [6.45, 7) is 3.93. The molecular weight excluding hydrogens is 334 g/mol. The zero-order chi connectivity index (χ0) is 18.6. The summed E-state index contributed by atoms with van der Waals surface area (Å²) < 4.78 is 0. The number of carbonyl (C=O) groups excluding carboxylic acids is 1. The third-order valence-corrected chi connectivity index (χ3v) is 5.03. The Morgan fingerprint density at radius 3 is 2.52 bits per heavy atom. The van der Waals surface area contributed by atoms with Gasteiger partial charge >= 0.3 is 0 Å². The van der Waals surface area contributed by atoms with Crippen LogP contribution in [0.4, 0.5) is 11.5 Å². The first-order valence-corrected chi connectivity index (χ1v) is 9.40. The van der Waals surface area contributed by atoms with Crippen LogP contribution in [0.1, 0.15) is 28.8 Å². The number of nitrogens with one attached hydrogen (secondary N) is 1. The van der Waals surface area contributed by atoms with Gasteiger partial charge in [-0.05, 0) is 54.7 Å². The second-order valence-electron chi connectivity index (χ2n) is 6.92. The largest absolute Gasteiger partial charge is 0.356 e. The molecule has 2 heterocycles. The highest BCUT2D eigenvalue weighted by Crippen LogP contribution is 2.27. The van der Waals surface area contributed by atoms with Crippen molar-refractivity contribution >= 4 is 17.4 Å². The van der Waals surface area contributed by atoms with E-state index in [0.29, 0.717) is 5.56 Å². The van der Waals surface area contributed by atoms with Crippen molar-refractivity contribution in [2.75, 3.05) is 23.3 Å². The molecule has 0 bridgehead atoms. The maximum Gasteiger partial charge on any atom is 0.259 e. The van der Waals surface area contributed by atoms with Gasteiger partial charge in [0, 0.05) is 25.0 Å². The first-order valence-electron chi connectivity index (χ1n) is 9.40. The standard InChI is InChI=1S/C23H23N3O/c1-17-11-12-19(18-8-3-2-4-9-18)16-21(17)25-23(27)20-10-7-13-24-22(20)26-14-5-6-15-26/h2-4,7-13,16H,5-6,14-15H2,1H3,(H,25,27). The van der Waals surface area contributed by atoms with Crippen molar-refractivity contribution in [2.45, 2.75) is 19.8 Å². The number of hydrogen-bond donors (Lipinski definition) is 1. The van der Waals surface area contributed by atoms with E-state index in [1.807, 2.05) is 49.4 Å². The Morgan fingerprint density at radius 1 is 0.963 bits per heavy atom. The van der Waals surface area contributed by atoms with Gasteiger partial charge in [0.2, 0.25) is 0 Å². The number of benzene rings is 2. The van der Waals surface area contributed by atoms with Crippen LogP contribution in [-0.4, -0.2) is 24.0 Å². The minimum Gasteiger partial charge on any atom is -0.356 e. The van der Waals surface area contributed by atoms with Gasteiger partial charge in [0.25, 0.3) is 5.91 Å². The molecule has 4 nitrogen and oxygen atoms in total. The molecule has 1 N–H and O–H groups in total. The van der Waals surface area contributed by atoms with E-state index in [4.69, 9.17) is 0 Å². The van der Waals surface area contributed by atoms with Gasteiger partial charge in [-0.3, -0.25) is 4.79 Å². The van der Waals surface area contributed by atoms with Crippen LogP contribution < -0.4 is 10.2 Å². The van der Waals surface area contributed by atoms with E-state index >= 15 is 0 Å². The summed E-state index contributed by atoms with van der Waals surface area (Å²) in [5.74, 6) is 0.669. The Bertz CT molecular complexity index is 947. The SMILES string of the molecule is Cc1ccc(-c2ccccc2)cc1NC(=O)c1cccnc1N1CCCC1. The average molecular weight is 357 g/mol. The fraction of sp³-hybridized carbons (Fsp3) is 0.217. The van der Waals surface area contributed by atoms with Gasteiger partial charge in [-0.15, -0.1) is 0 Å². The summed E-state index contributed by atoms with van der Waals surface area (Å²) in [5.41, 5.74) is 4.71. The molecule has 0 unspecified atom stereocenters. The van der Waals surface area contributed by atoms with Crippen molar-refractivity contribution < 1.29 is 4.79 Å². The molecule has 27 heavy (non-hydrogen) atoms. The van der Waals surface area contributed by atoms with E-state index in [1.165, 1.54) is 0 Å². The molecule has 1 saturated heterocycles. The third kappa shape index (κ3) is 3.70. The summed E-state index contributed by atoms with van der Waals surface area (Å²) in [4.78, 5) is 19.7. The third-order valence-electron chi connectivity index (χ3n) is 5.03. The van der Waals surface area contributed by atoms with Gasteiger partial charge in [0.1, 0.15) is 5.82 Å². The van der Waals surface area contributed by atoms with Crippen LogP contribution in [0.25, 0.3) is 11.1 Å². The zero-order valence-corrected chi connectivity index (χ0v) is 15.5. The average Bonchev–Trinajstić information content (AvgIpc) is 3.25. The van der Waals surface area contributed by atoms with Crippen molar-refractivity contribution in [1.29, 1.82) is 0 Å². The number of amides is 1. The van der Waals surface area contributed by atoms with E-state index in [0.717, 1.165) is 54.1 Å². The van der Waals surface area contributed by atoms with E-state index < -0.39 is 0 Å². The van der Waals surface area contributed by atoms with Crippen LogP contribution in [0.2, 0.25) is 0 Å². The molecule has 0 spiro atoms. The molecule has 4 heteroatoms. The minimum atomic E-state index is -0.113. The molecule has 0 saturated carbocycles. The minimum absolute atomic E-state index is 0.113. The summed E-state index contributed by atoms with van der Waals surface area (Å²) in [6, 6.07) is 20.0. The summed E-state index contributed by atoms with van der Waals surface area (Å²) in [5, 5.41) is 3.09. The number of pyridine rings is 1. The fourth-order valence-corrected chi connectivity index (χ4v) is 3.51. The molecule has 0 radical (unpaired) electrons. The molecule has 1 fully saturated rings. The molecule has 136 valence electrons. The molecule has 1 aromatic heterocycles. The van der Waals surface area contributed by atoms with E-state index in [9.17, 15) is 4.79 Å². The molecule has 1 aliphatic rings. The Labute approximate surface area is 159 Å². The Balaban J connectivity index is 1.62. The van der Waals surface area contributed by atoms with Crippen molar-refractivity contribution in [3.63, 3.8) is 0 Å². The second-order valence-corrected chi connectivity index (χ2v) is 6.92. The molecule has 0 atom stereocenters. The molecule has 1 amide bonds. The Hall–Kier alpha value is -3.14. The van der Waals surface area contributed by atoms with Crippen LogP contribution in [0.15, 0.2) is 66.9 Å². The van der Waals surface area contributed by atoms with Crippen LogP contribution in [0.3, 0.4) is 0 Å². The number of hydrogen-bond acceptors (Lipinski definition) is 3. The van der Waals surface area contributed by atoms with Gasteiger partial charge in [0.05, 0.1) is 5.56 Å². The number of anilines is 2. The highest BCUT2D eigenvalue weighted by molar-refractivity contribution is 6.08. The van der Waals surface area contributed by atoms with E-state index in [1.54, 1.807) is 6.20 Å². The topological polar surface area (TPSA) is 45.2 Å². The van der Waals surface area contributed by atoms with Gasteiger partial charge in [-0.25, -0.2) is 4.98 Å². The maximum atomic E-state index is 13.0. The Kier molecular flexibility index (Phi) is 4.88. The van der Waals surface area contributed by atoms with Crippen LogP contribution in [0, 0.1) is 6.92 Å². The normalized spacial score (nSPS) is 13.6. The highest BCUT2D eigenvalue weighted by Gasteiger charge is 2.21. The zero-order valence-electron chi connectivity index (χ0n) is 15.5. The summed E-state index contributed by atoms with van der Waals surface area (Å²) >= 11 is 0. The number of nitrogens with zero attached hydrogens (tertiary/aromatic N) is 2. The quantitative estimate of drug-likeness (QED) is 0.722. The fourth-order valence-electron chi connectivity index (χ4n) is 3.51. The van der Waals surface area contributed by atoms with Crippen molar-refractivity contribution in [2.24, 2.45) is 0 Å². The smallest absolute Gasteiger partial charge is 0.259 e. The molecule has 1 aliphatic heterocycles. The number of rotatable bonds is 4. The molecule has 0 aliphatic carbocycles. The first-order chi connectivity index (χ1) is 13.2. The summed E-state index contributed by atoms with van der Waals surface area (Å²) in [6.07, 6.45) is 4.05. The van der Waals surface area contributed by atoms with Gasteiger partial charge < -0.3 is 10.2 Å². The molecule has 4 rings (SSSR count). The number of aromatic nitrogens is 1. The van der Waals surface area contributed by atoms with Crippen LogP contribution in [-0.2, 0) is 0 Å². The van der Waals surface area contributed by atoms with Crippen LogP contribution >= 0.6 is 0 Å². The first kappa shape index (κ1) is 17.3. The maximum absolute atomic E-state index is 13.0. The lowest BCUT2D eigenvalue weighted by atomic mass is 10.0. The van der Waals surface area contributed by atoms with E-state index in [2.05, 4.69) is 33.4 Å². The van der Waals surface area contributed by atoms with Gasteiger partial charge in [0.15, 0.2) is 0 Å². The van der Waals surface area contributed by atoms with Crippen molar-refractivity contribution in [1.82, 2.24) is 4.98 Å². The number of aryl methyl sites for hydroxylation is 1. The molecule has 2 aromatic carbocycles. The van der Waals surface area contributed by atoms with Gasteiger partial charge in [-0.1, -0.05) is 42.5 Å². The summed E-state index contributed by atoms with van der Waals surface area (Å²) in [7, 11) is 0. The monoisotopic (exact) mass is 357 g/mol. The Morgan fingerprint density at radius 2 is 1.74 bits per heavy atom. The van der Waals surface area contributed by atoms with Crippen molar-refractivity contribution in [3.05, 3.63) is 78.0 Å². The lowest BCUT2D eigenvalue weighted by Crippen LogP contribution is -2.24. The predicted octanol–water partition coefficient (Wildman–Crippen LogP) is 4.91. The number of carbonyl (C=O) groups is 1. The lowest BCUT2D eigenvalue weighted by Gasteiger charge is -2.19. The predicted molar refractivity (Wildman–Crippen MR) is 110 cm³/mol. The molecular formula is C23H23N3O. The van der Waals surface area contributed by atoms with Crippen molar-refractivity contribution in [3.8, 4) is 11.1 Å². The molecule has 3 aromatic rings. The highest BCUT2D eigenvalue weighted by atomic mass is 16.1. The second kappa shape index (κ2) is 7.62.